The highest BCUT2D eigenvalue weighted by Gasteiger charge is 1.97. The van der Waals surface area contributed by atoms with Gasteiger partial charge in [0.25, 0.3) is 0 Å². The first-order chi connectivity index (χ1) is 6.84. The first-order valence-corrected chi connectivity index (χ1v) is 5.59. The van der Waals surface area contributed by atoms with Gasteiger partial charge in [0.05, 0.1) is 13.2 Å². The predicted molar refractivity (Wildman–Crippen MR) is 62.6 cm³/mol. The molecule has 0 aliphatic heterocycles. The maximum Gasteiger partial charge on any atom is 0.0590 e. The van der Waals surface area contributed by atoms with E-state index in [1.165, 1.54) is 5.56 Å². The van der Waals surface area contributed by atoms with Crippen molar-refractivity contribution in [3.8, 4) is 0 Å². The molecule has 0 radical (unpaired) electrons. The SMILES string of the molecule is CNCCOCCc1ccccc1Br. The van der Waals surface area contributed by atoms with Gasteiger partial charge in [-0.25, -0.2) is 0 Å². The minimum atomic E-state index is 0.779. The Bertz CT molecular complexity index is 265. The smallest absolute Gasteiger partial charge is 0.0590 e. The van der Waals surface area contributed by atoms with Crippen LogP contribution in [0.15, 0.2) is 28.7 Å². The molecule has 3 heteroatoms. The van der Waals surface area contributed by atoms with Crippen LogP contribution < -0.4 is 5.32 Å². The summed E-state index contributed by atoms with van der Waals surface area (Å²) in [5, 5.41) is 3.04. The quantitative estimate of drug-likeness (QED) is 0.790. The standard InChI is InChI=1S/C11H16BrNO/c1-13-7-9-14-8-6-10-4-2-3-5-11(10)12/h2-5,13H,6-9H2,1H3. The van der Waals surface area contributed by atoms with Gasteiger partial charge in [-0.1, -0.05) is 34.1 Å². The summed E-state index contributed by atoms with van der Waals surface area (Å²) in [6, 6.07) is 8.25. The highest BCUT2D eigenvalue weighted by atomic mass is 79.9. The van der Waals surface area contributed by atoms with E-state index in [4.69, 9.17) is 4.74 Å². The van der Waals surface area contributed by atoms with Gasteiger partial charge in [-0.15, -0.1) is 0 Å². The maximum atomic E-state index is 5.45. The minimum absolute atomic E-state index is 0.779. The summed E-state index contributed by atoms with van der Waals surface area (Å²) in [5.74, 6) is 0. The molecule has 2 nitrogen and oxygen atoms in total. The Balaban J connectivity index is 2.21. The fourth-order valence-corrected chi connectivity index (χ4v) is 1.64. The van der Waals surface area contributed by atoms with Gasteiger partial charge in [0.2, 0.25) is 0 Å². The van der Waals surface area contributed by atoms with Gasteiger partial charge in [-0.05, 0) is 25.1 Å². The zero-order valence-corrected chi connectivity index (χ0v) is 10.0. The molecule has 0 aliphatic carbocycles. The average Bonchev–Trinajstić information content (AvgIpc) is 2.20. The number of benzene rings is 1. The molecule has 1 aromatic rings. The molecule has 1 rings (SSSR count). The molecule has 0 spiro atoms. The number of nitrogens with one attached hydrogen (secondary N) is 1. The summed E-state index contributed by atoms with van der Waals surface area (Å²) < 4.78 is 6.61. The van der Waals surface area contributed by atoms with Crippen molar-refractivity contribution in [1.29, 1.82) is 0 Å². The fourth-order valence-electron chi connectivity index (χ4n) is 1.16. The lowest BCUT2D eigenvalue weighted by Crippen LogP contribution is -2.15. The second-order valence-electron chi connectivity index (χ2n) is 3.06. The Morgan fingerprint density at radius 1 is 1.29 bits per heavy atom. The Morgan fingerprint density at radius 2 is 2.07 bits per heavy atom. The first-order valence-electron chi connectivity index (χ1n) is 4.80. The molecule has 0 aromatic heterocycles. The lowest BCUT2D eigenvalue weighted by molar-refractivity contribution is 0.140. The molecule has 1 aromatic carbocycles. The number of hydrogen-bond donors (Lipinski definition) is 1. The lowest BCUT2D eigenvalue weighted by Gasteiger charge is -2.05. The molecular formula is C11H16BrNO. The highest BCUT2D eigenvalue weighted by molar-refractivity contribution is 9.10. The zero-order chi connectivity index (χ0) is 10.2. The van der Waals surface area contributed by atoms with Crippen molar-refractivity contribution in [2.24, 2.45) is 0 Å². The molecule has 0 unspecified atom stereocenters. The topological polar surface area (TPSA) is 21.3 Å². The van der Waals surface area contributed by atoms with E-state index in [-0.39, 0.29) is 0 Å². The van der Waals surface area contributed by atoms with Crippen molar-refractivity contribution in [2.75, 3.05) is 26.8 Å². The molecular weight excluding hydrogens is 242 g/mol. The van der Waals surface area contributed by atoms with Gasteiger partial charge in [0.15, 0.2) is 0 Å². The average molecular weight is 258 g/mol. The van der Waals surface area contributed by atoms with E-state index in [2.05, 4.69) is 33.4 Å². The second kappa shape index (κ2) is 6.98. The van der Waals surface area contributed by atoms with Gasteiger partial charge in [0.1, 0.15) is 0 Å². The van der Waals surface area contributed by atoms with E-state index in [9.17, 15) is 0 Å². The number of rotatable bonds is 6. The summed E-state index contributed by atoms with van der Waals surface area (Å²) >= 11 is 3.51. The molecule has 0 heterocycles. The number of hydrogen-bond acceptors (Lipinski definition) is 2. The summed E-state index contributed by atoms with van der Waals surface area (Å²) in [7, 11) is 1.93. The van der Waals surface area contributed by atoms with Crippen LogP contribution in [0.4, 0.5) is 0 Å². The highest BCUT2D eigenvalue weighted by Crippen LogP contribution is 2.15. The number of ether oxygens (including phenoxy) is 1. The van der Waals surface area contributed by atoms with Gasteiger partial charge in [-0.3, -0.25) is 0 Å². The van der Waals surface area contributed by atoms with Crippen molar-refractivity contribution in [2.45, 2.75) is 6.42 Å². The van der Waals surface area contributed by atoms with Crippen molar-refractivity contribution in [3.05, 3.63) is 34.3 Å². The van der Waals surface area contributed by atoms with Crippen LogP contribution in [0.1, 0.15) is 5.56 Å². The number of halogens is 1. The third-order valence-electron chi connectivity index (χ3n) is 1.97. The monoisotopic (exact) mass is 257 g/mol. The first kappa shape index (κ1) is 11.7. The molecule has 0 atom stereocenters. The zero-order valence-electron chi connectivity index (χ0n) is 8.42. The normalized spacial score (nSPS) is 10.4. The van der Waals surface area contributed by atoms with E-state index in [0.29, 0.717) is 0 Å². The van der Waals surface area contributed by atoms with Crippen LogP contribution in [0, 0.1) is 0 Å². The van der Waals surface area contributed by atoms with Crippen molar-refractivity contribution in [3.63, 3.8) is 0 Å². The van der Waals surface area contributed by atoms with Crippen LogP contribution in [0.5, 0.6) is 0 Å². The Morgan fingerprint density at radius 3 is 2.79 bits per heavy atom. The van der Waals surface area contributed by atoms with Crippen molar-refractivity contribution >= 4 is 15.9 Å². The van der Waals surface area contributed by atoms with E-state index >= 15 is 0 Å². The predicted octanol–water partition coefficient (Wildman–Crippen LogP) is 2.23. The van der Waals surface area contributed by atoms with E-state index < -0.39 is 0 Å². The van der Waals surface area contributed by atoms with Crippen molar-refractivity contribution in [1.82, 2.24) is 5.32 Å². The van der Waals surface area contributed by atoms with Gasteiger partial charge in [0, 0.05) is 11.0 Å². The van der Waals surface area contributed by atoms with Crippen LogP contribution in [0.3, 0.4) is 0 Å². The van der Waals surface area contributed by atoms with Crippen LogP contribution in [-0.2, 0) is 11.2 Å². The summed E-state index contributed by atoms with van der Waals surface area (Å²) in [4.78, 5) is 0. The molecule has 0 saturated carbocycles. The Hall–Kier alpha value is -0.380. The fraction of sp³-hybridized carbons (Fsp3) is 0.455. The summed E-state index contributed by atoms with van der Waals surface area (Å²) in [5.41, 5.74) is 1.30. The summed E-state index contributed by atoms with van der Waals surface area (Å²) in [6.45, 7) is 2.47. The largest absolute Gasteiger partial charge is 0.380 e. The molecule has 0 amide bonds. The molecule has 0 fully saturated rings. The van der Waals surface area contributed by atoms with E-state index in [1.807, 2.05) is 19.2 Å². The molecule has 1 N–H and O–H groups in total. The van der Waals surface area contributed by atoms with Gasteiger partial charge in [-0.2, -0.15) is 0 Å². The van der Waals surface area contributed by atoms with Crippen molar-refractivity contribution < 1.29 is 4.74 Å². The van der Waals surface area contributed by atoms with Gasteiger partial charge >= 0.3 is 0 Å². The van der Waals surface area contributed by atoms with E-state index in [0.717, 1.165) is 30.7 Å². The minimum Gasteiger partial charge on any atom is -0.380 e. The van der Waals surface area contributed by atoms with Crippen LogP contribution in [0.25, 0.3) is 0 Å². The molecule has 78 valence electrons. The van der Waals surface area contributed by atoms with Crippen LogP contribution in [-0.4, -0.2) is 26.8 Å². The van der Waals surface area contributed by atoms with Crippen LogP contribution >= 0.6 is 15.9 Å². The molecule has 0 bridgehead atoms. The third-order valence-corrected chi connectivity index (χ3v) is 2.74. The molecule has 14 heavy (non-hydrogen) atoms. The maximum absolute atomic E-state index is 5.45. The summed E-state index contributed by atoms with van der Waals surface area (Å²) in [6.07, 6.45) is 0.963. The van der Waals surface area contributed by atoms with Crippen LogP contribution in [0.2, 0.25) is 0 Å². The Kier molecular flexibility index (Phi) is 5.83. The van der Waals surface area contributed by atoms with E-state index in [1.54, 1.807) is 0 Å². The lowest BCUT2D eigenvalue weighted by atomic mass is 10.2. The third kappa shape index (κ3) is 4.22. The number of likely N-dealkylation sites (N-methyl/N-ethyl adjacent to an activating group) is 1. The van der Waals surface area contributed by atoms with Gasteiger partial charge < -0.3 is 10.1 Å². The molecule has 0 aliphatic rings. The Labute approximate surface area is 93.8 Å². The molecule has 0 saturated heterocycles. The second-order valence-corrected chi connectivity index (χ2v) is 3.91.